The predicted molar refractivity (Wildman–Crippen MR) is 176 cm³/mol. The molecule has 4 heteroatoms. The minimum Gasteiger partial charge on any atom is -0.466 e. The Bertz CT molecular complexity index is 610. The summed E-state index contributed by atoms with van der Waals surface area (Å²) in [5, 5.41) is 0. The lowest BCUT2D eigenvalue weighted by Crippen LogP contribution is -2.10. The maximum Gasteiger partial charge on any atom is 0.305 e. The number of carbonyl (C=O) groups excluding carboxylic acids is 2. The molecule has 0 atom stereocenters. The van der Waals surface area contributed by atoms with Gasteiger partial charge in [-0.05, 0) is 44.9 Å². The second kappa shape index (κ2) is 34.6. The first-order valence-electron chi connectivity index (χ1n) is 17.8. The van der Waals surface area contributed by atoms with Crippen molar-refractivity contribution >= 4 is 11.9 Å². The zero-order valence-electron chi connectivity index (χ0n) is 27.4. The van der Waals surface area contributed by atoms with E-state index < -0.39 is 0 Å². The molecule has 0 aliphatic rings. The van der Waals surface area contributed by atoms with Crippen molar-refractivity contribution in [3.05, 3.63) is 24.3 Å². The first-order valence-corrected chi connectivity index (χ1v) is 17.8. The number of ether oxygens (including phenoxy) is 2. The van der Waals surface area contributed by atoms with E-state index in [4.69, 9.17) is 9.47 Å². The summed E-state index contributed by atoms with van der Waals surface area (Å²) in [7, 11) is 0. The molecule has 0 amide bonds. The van der Waals surface area contributed by atoms with Crippen molar-refractivity contribution in [1.82, 2.24) is 0 Å². The van der Waals surface area contributed by atoms with Crippen LogP contribution in [-0.2, 0) is 19.1 Å². The van der Waals surface area contributed by atoms with E-state index in [9.17, 15) is 9.59 Å². The molecule has 0 aromatic carbocycles. The highest BCUT2D eigenvalue weighted by Gasteiger charge is 2.05. The van der Waals surface area contributed by atoms with Gasteiger partial charge in [0.2, 0.25) is 0 Å². The van der Waals surface area contributed by atoms with Crippen molar-refractivity contribution in [2.45, 2.75) is 187 Å². The first kappa shape index (κ1) is 39.4. The van der Waals surface area contributed by atoms with Crippen LogP contribution in [0, 0.1) is 0 Å². The van der Waals surface area contributed by atoms with Crippen LogP contribution in [0.15, 0.2) is 24.3 Å². The fourth-order valence-corrected chi connectivity index (χ4v) is 4.94. The van der Waals surface area contributed by atoms with Gasteiger partial charge in [0.05, 0.1) is 13.2 Å². The summed E-state index contributed by atoms with van der Waals surface area (Å²) in [6.45, 7) is 5.19. The standard InChI is InChI=1S/C37H68O4/c1-3-5-7-9-11-13-15-17-18-20-22-24-26-28-30-33-37(39)41-35-31-34-40-36(38)32-29-27-25-23-21-19-16-14-12-10-8-6-4-2/h11,13,17-18H,3-10,12,14-16,19-35H2,1-2H3/b13-11-,18-17-. The quantitative estimate of drug-likeness (QED) is 0.0454. The van der Waals surface area contributed by atoms with Crippen LogP contribution in [0.4, 0.5) is 0 Å². The molecule has 0 fully saturated rings. The molecule has 0 rings (SSSR count). The molecular formula is C37H68O4. The zero-order valence-corrected chi connectivity index (χ0v) is 27.4. The molecular weight excluding hydrogens is 508 g/mol. The van der Waals surface area contributed by atoms with Gasteiger partial charge in [0.1, 0.15) is 0 Å². The highest BCUT2D eigenvalue weighted by atomic mass is 16.5. The van der Waals surface area contributed by atoms with Crippen LogP contribution in [-0.4, -0.2) is 25.2 Å². The minimum absolute atomic E-state index is 0.121. The van der Waals surface area contributed by atoms with Crippen LogP contribution in [0.5, 0.6) is 0 Å². The molecule has 0 spiro atoms. The van der Waals surface area contributed by atoms with Crippen LogP contribution < -0.4 is 0 Å². The van der Waals surface area contributed by atoms with Crippen molar-refractivity contribution < 1.29 is 19.1 Å². The predicted octanol–water partition coefficient (Wildman–Crippen LogP) is 11.8. The van der Waals surface area contributed by atoms with Crippen LogP contribution in [0.25, 0.3) is 0 Å². The Labute approximate surface area is 255 Å². The Kier molecular flexibility index (Phi) is 33.3. The summed E-state index contributed by atoms with van der Waals surface area (Å²) in [5.74, 6) is -0.251. The third-order valence-corrected chi connectivity index (χ3v) is 7.63. The van der Waals surface area contributed by atoms with Gasteiger partial charge in [-0.3, -0.25) is 9.59 Å². The molecule has 0 bridgehead atoms. The molecule has 0 aliphatic carbocycles. The van der Waals surface area contributed by atoms with Crippen molar-refractivity contribution in [1.29, 1.82) is 0 Å². The molecule has 41 heavy (non-hydrogen) atoms. The van der Waals surface area contributed by atoms with E-state index in [1.165, 1.54) is 116 Å². The second-order valence-corrected chi connectivity index (χ2v) is 11.8. The van der Waals surface area contributed by atoms with Crippen molar-refractivity contribution in [3.8, 4) is 0 Å². The summed E-state index contributed by atoms with van der Waals surface area (Å²) >= 11 is 0. The van der Waals surface area contributed by atoms with Crippen molar-refractivity contribution in [2.75, 3.05) is 13.2 Å². The Morgan fingerprint density at radius 1 is 0.415 bits per heavy atom. The molecule has 0 aromatic heterocycles. The van der Waals surface area contributed by atoms with E-state index in [0.717, 1.165) is 38.5 Å². The van der Waals surface area contributed by atoms with Gasteiger partial charge in [0, 0.05) is 19.3 Å². The van der Waals surface area contributed by atoms with Gasteiger partial charge in [-0.15, -0.1) is 0 Å². The highest BCUT2D eigenvalue weighted by molar-refractivity contribution is 5.69. The molecule has 0 radical (unpaired) electrons. The largest absolute Gasteiger partial charge is 0.466 e. The lowest BCUT2D eigenvalue weighted by Gasteiger charge is -2.07. The molecule has 0 unspecified atom stereocenters. The average Bonchev–Trinajstić information content (AvgIpc) is 2.97. The number of allylic oxidation sites excluding steroid dienone is 4. The van der Waals surface area contributed by atoms with Gasteiger partial charge in [-0.1, -0.05) is 147 Å². The van der Waals surface area contributed by atoms with Crippen molar-refractivity contribution in [3.63, 3.8) is 0 Å². The molecule has 240 valence electrons. The number of rotatable bonds is 32. The Hall–Kier alpha value is -1.58. The Morgan fingerprint density at radius 2 is 0.756 bits per heavy atom. The molecule has 0 aromatic rings. The number of carbonyl (C=O) groups is 2. The summed E-state index contributed by atoms with van der Waals surface area (Å²) < 4.78 is 10.6. The van der Waals surface area contributed by atoms with Gasteiger partial charge in [-0.25, -0.2) is 0 Å². The zero-order chi connectivity index (χ0) is 29.9. The van der Waals surface area contributed by atoms with Gasteiger partial charge >= 0.3 is 11.9 Å². The summed E-state index contributed by atoms with van der Waals surface area (Å²) in [5.41, 5.74) is 0. The summed E-state index contributed by atoms with van der Waals surface area (Å²) in [6.07, 6.45) is 40.6. The van der Waals surface area contributed by atoms with Gasteiger partial charge in [0.25, 0.3) is 0 Å². The molecule has 0 aliphatic heterocycles. The summed E-state index contributed by atoms with van der Waals surface area (Å²) in [6, 6.07) is 0. The maximum atomic E-state index is 11.9. The topological polar surface area (TPSA) is 52.6 Å². The van der Waals surface area contributed by atoms with Gasteiger partial charge in [-0.2, -0.15) is 0 Å². The maximum absolute atomic E-state index is 11.9. The smallest absolute Gasteiger partial charge is 0.305 e. The summed E-state index contributed by atoms with van der Waals surface area (Å²) in [4.78, 5) is 23.8. The fourth-order valence-electron chi connectivity index (χ4n) is 4.94. The Morgan fingerprint density at radius 3 is 1.20 bits per heavy atom. The highest BCUT2D eigenvalue weighted by Crippen LogP contribution is 2.13. The average molecular weight is 577 g/mol. The number of esters is 2. The SMILES string of the molecule is CCCCC/C=C\C/C=C\CCCCCCCC(=O)OCCCOC(=O)CCCCCCCCCCCCCCC. The van der Waals surface area contributed by atoms with E-state index in [0.29, 0.717) is 32.5 Å². The van der Waals surface area contributed by atoms with E-state index in [-0.39, 0.29) is 11.9 Å². The number of hydrogen-bond donors (Lipinski definition) is 0. The molecule has 0 saturated heterocycles. The van der Waals surface area contributed by atoms with Crippen molar-refractivity contribution in [2.24, 2.45) is 0 Å². The monoisotopic (exact) mass is 577 g/mol. The van der Waals surface area contributed by atoms with E-state index in [1.54, 1.807) is 0 Å². The lowest BCUT2D eigenvalue weighted by atomic mass is 10.0. The normalized spacial score (nSPS) is 11.6. The van der Waals surface area contributed by atoms with Crippen LogP contribution in [0.3, 0.4) is 0 Å². The van der Waals surface area contributed by atoms with E-state index in [2.05, 4.69) is 38.2 Å². The third-order valence-electron chi connectivity index (χ3n) is 7.63. The van der Waals surface area contributed by atoms with Crippen LogP contribution in [0.1, 0.15) is 187 Å². The molecule has 0 heterocycles. The molecule has 0 N–H and O–H groups in total. The number of hydrogen-bond acceptors (Lipinski definition) is 4. The molecule has 0 saturated carbocycles. The van der Waals surface area contributed by atoms with E-state index in [1.807, 2.05) is 0 Å². The lowest BCUT2D eigenvalue weighted by molar-refractivity contribution is -0.146. The fraction of sp³-hybridized carbons (Fsp3) is 0.838. The Balaban J connectivity index is 3.33. The van der Waals surface area contributed by atoms with Gasteiger partial charge < -0.3 is 9.47 Å². The number of unbranched alkanes of at least 4 members (excludes halogenated alkanes) is 20. The minimum atomic E-state index is -0.131. The second-order valence-electron chi connectivity index (χ2n) is 11.8. The van der Waals surface area contributed by atoms with Crippen LogP contribution >= 0.6 is 0 Å². The van der Waals surface area contributed by atoms with E-state index >= 15 is 0 Å². The van der Waals surface area contributed by atoms with Crippen LogP contribution in [0.2, 0.25) is 0 Å². The van der Waals surface area contributed by atoms with Gasteiger partial charge in [0.15, 0.2) is 0 Å². The molecule has 4 nitrogen and oxygen atoms in total. The first-order chi connectivity index (χ1) is 20.2. The third kappa shape index (κ3) is 34.5.